The van der Waals surface area contributed by atoms with Crippen molar-refractivity contribution in [2.75, 3.05) is 23.4 Å². The molecule has 1 aromatic heterocycles. The summed E-state index contributed by atoms with van der Waals surface area (Å²) in [5, 5.41) is 3.32. The number of aryl methyl sites for hydroxylation is 1. The van der Waals surface area contributed by atoms with Crippen LogP contribution in [0.15, 0.2) is 60.9 Å². The van der Waals surface area contributed by atoms with Gasteiger partial charge in [-0.25, -0.2) is 9.97 Å². The maximum absolute atomic E-state index is 5.47. The van der Waals surface area contributed by atoms with Gasteiger partial charge >= 0.3 is 0 Å². The summed E-state index contributed by atoms with van der Waals surface area (Å²) < 4.78 is 5.47. The van der Waals surface area contributed by atoms with Crippen LogP contribution in [0.3, 0.4) is 0 Å². The molecule has 3 rings (SSSR count). The summed E-state index contributed by atoms with van der Waals surface area (Å²) >= 11 is 0. The molecule has 0 aliphatic carbocycles. The van der Waals surface area contributed by atoms with E-state index >= 15 is 0 Å². The molecule has 0 aliphatic rings. The van der Waals surface area contributed by atoms with E-state index in [2.05, 4.69) is 58.3 Å². The van der Waals surface area contributed by atoms with Crippen LogP contribution in [0.2, 0.25) is 0 Å². The summed E-state index contributed by atoms with van der Waals surface area (Å²) in [4.78, 5) is 11.0. The second-order valence-corrected chi connectivity index (χ2v) is 5.93. The van der Waals surface area contributed by atoms with E-state index in [0.29, 0.717) is 6.61 Å². The minimum Gasteiger partial charge on any atom is -0.494 e. The Labute approximate surface area is 154 Å². The van der Waals surface area contributed by atoms with Gasteiger partial charge in [-0.1, -0.05) is 12.1 Å². The summed E-state index contributed by atoms with van der Waals surface area (Å²) in [6.45, 7) is 7.67. The number of benzene rings is 2. The van der Waals surface area contributed by atoms with E-state index in [1.54, 1.807) is 6.33 Å². The molecule has 5 heteroatoms. The van der Waals surface area contributed by atoms with E-state index in [1.807, 2.05) is 37.3 Å². The third-order valence-electron chi connectivity index (χ3n) is 4.00. The van der Waals surface area contributed by atoms with E-state index in [4.69, 9.17) is 4.74 Å². The zero-order chi connectivity index (χ0) is 18.4. The molecule has 0 aliphatic heterocycles. The molecule has 0 unspecified atom stereocenters. The minimum atomic E-state index is 0.661. The van der Waals surface area contributed by atoms with Crippen LogP contribution in [0.4, 0.5) is 23.0 Å². The summed E-state index contributed by atoms with van der Waals surface area (Å²) in [6, 6.07) is 18.2. The highest BCUT2D eigenvalue weighted by Crippen LogP contribution is 2.26. The van der Waals surface area contributed by atoms with Crippen LogP contribution in [0.1, 0.15) is 19.4 Å². The molecule has 0 saturated carbocycles. The molecule has 0 amide bonds. The van der Waals surface area contributed by atoms with Gasteiger partial charge in [0.2, 0.25) is 0 Å². The number of nitrogens with zero attached hydrogens (tertiary/aromatic N) is 3. The average Bonchev–Trinajstić information content (AvgIpc) is 2.65. The first-order valence-corrected chi connectivity index (χ1v) is 8.85. The molecule has 1 N–H and O–H groups in total. The van der Waals surface area contributed by atoms with E-state index in [9.17, 15) is 0 Å². The number of nitrogens with one attached hydrogen (secondary N) is 1. The van der Waals surface area contributed by atoms with Crippen molar-refractivity contribution < 1.29 is 4.74 Å². The first kappa shape index (κ1) is 17.7. The van der Waals surface area contributed by atoms with Gasteiger partial charge in [0.15, 0.2) is 0 Å². The van der Waals surface area contributed by atoms with Crippen molar-refractivity contribution in [2.45, 2.75) is 20.8 Å². The van der Waals surface area contributed by atoms with Crippen molar-refractivity contribution in [1.82, 2.24) is 9.97 Å². The van der Waals surface area contributed by atoms with Crippen molar-refractivity contribution in [3.63, 3.8) is 0 Å². The highest BCUT2D eigenvalue weighted by molar-refractivity contribution is 5.65. The fraction of sp³-hybridized carbons (Fsp3) is 0.238. The van der Waals surface area contributed by atoms with Crippen LogP contribution in [-0.2, 0) is 0 Å². The van der Waals surface area contributed by atoms with Gasteiger partial charge in [-0.3, -0.25) is 0 Å². The first-order chi connectivity index (χ1) is 12.7. The van der Waals surface area contributed by atoms with E-state index in [0.717, 1.165) is 35.3 Å². The molecule has 0 saturated heterocycles. The number of hydrogen-bond acceptors (Lipinski definition) is 5. The zero-order valence-corrected chi connectivity index (χ0v) is 15.4. The van der Waals surface area contributed by atoms with Gasteiger partial charge in [0.05, 0.1) is 6.61 Å². The Hall–Kier alpha value is -3.08. The van der Waals surface area contributed by atoms with Crippen LogP contribution in [0.25, 0.3) is 0 Å². The maximum Gasteiger partial charge on any atom is 0.138 e. The van der Waals surface area contributed by atoms with Crippen LogP contribution in [0, 0.1) is 6.92 Å². The molecule has 1 heterocycles. The van der Waals surface area contributed by atoms with Crippen molar-refractivity contribution >= 4 is 23.0 Å². The van der Waals surface area contributed by atoms with Crippen molar-refractivity contribution in [2.24, 2.45) is 0 Å². The number of rotatable bonds is 7. The van der Waals surface area contributed by atoms with Gasteiger partial charge < -0.3 is 15.0 Å². The summed E-state index contributed by atoms with van der Waals surface area (Å²) in [7, 11) is 0. The van der Waals surface area contributed by atoms with E-state index in [-0.39, 0.29) is 0 Å². The molecular weight excluding hydrogens is 324 g/mol. The quantitative estimate of drug-likeness (QED) is 0.645. The van der Waals surface area contributed by atoms with Crippen LogP contribution >= 0.6 is 0 Å². The van der Waals surface area contributed by atoms with Crippen LogP contribution in [-0.4, -0.2) is 23.1 Å². The fourth-order valence-electron chi connectivity index (χ4n) is 2.78. The lowest BCUT2D eigenvalue weighted by Crippen LogP contribution is -2.17. The van der Waals surface area contributed by atoms with Gasteiger partial charge in [-0.2, -0.15) is 0 Å². The van der Waals surface area contributed by atoms with Gasteiger partial charge in [-0.05, 0) is 62.7 Å². The molecule has 0 spiro atoms. The lowest BCUT2D eigenvalue weighted by Gasteiger charge is -2.22. The maximum atomic E-state index is 5.47. The Morgan fingerprint density at radius 2 is 1.81 bits per heavy atom. The molecule has 3 aromatic rings. The summed E-state index contributed by atoms with van der Waals surface area (Å²) in [6.07, 6.45) is 1.59. The van der Waals surface area contributed by atoms with Crippen molar-refractivity contribution in [3.05, 3.63) is 66.5 Å². The Balaban J connectivity index is 1.80. The zero-order valence-electron chi connectivity index (χ0n) is 15.4. The Bertz CT molecular complexity index is 849. The lowest BCUT2D eigenvalue weighted by molar-refractivity contribution is 0.340. The lowest BCUT2D eigenvalue weighted by atomic mass is 10.2. The average molecular weight is 348 g/mol. The minimum absolute atomic E-state index is 0.661. The van der Waals surface area contributed by atoms with Gasteiger partial charge in [0.25, 0.3) is 0 Å². The van der Waals surface area contributed by atoms with Crippen molar-refractivity contribution in [1.29, 1.82) is 0 Å². The second kappa shape index (κ2) is 8.34. The second-order valence-electron chi connectivity index (χ2n) is 5.93. The van der Waals surface area contributed by atoms with E-state index < -0.39 is 0 Å². The Kier molecular flexibility index (Phi) is 5.69. The number of hydrogen-bond donors (Lipinski definition) is 1. The van der Waals surface area contributed by atoms with Gasteiger partial charge in [0.1, 0.15) is 23.7 Å². The molecule has 0 bridgehead atoms. The predicted octanol–water partition coefficient (Wildman–Crippen LogP) is 5.09. The number of ether oxygens (including phenoxy) is 1. The Morgan fingerprint density at radius 3 is 2.50 bits per heavy atom. The standard InChI is InChI=1S/C21H24N4O/c1-4-25(18-8-6-7-16(3)13-18)21-14-20(22-15-23-21)24-17-9-11-19(12-10-17)26-5-2/h6-15H,4-5H2,1-3H3,(H,22,23,24). The number of aromatic nitrogens is 2. The third kappa shape index (κ3) is 4.30. The smallest absolute Gasteiger partial charge is 0.138 e. The molecule has 2 aromatic carbocycles. The molecule has 0 radical (unpaired) electrons. The van der Waals surface area contributed by atoms with Crippen LogP contribution < -0.4 is 15.0 Å². The summed E-state index contributed by atoms with van der Waals surface area (Å²) in [5.41, 5.74) is 3.30. The monoisotopic (exact) mass is 348 g/mol. The largest absolute Gasteiger partial charge is 0.494 e. The molecule has 0 fully saturated rings. The predicted molar refractivity (Wildman–Crippen MR) is 107 cm³/mol. The normalized spacial score (nSPS) is 10.4. The van der Waals surface area contributed by atoms with Gasteiger partial charge in [0, 0.05) is 24.0 Å². The first-order valence-electron chi connectivity index (χ1n) is 8.85. The molecule has 134 valence electrons. The SMILES string of the molecule is CCOc1ccc(Nc2cc(N(CC)c3cccc(C)c3)ncn2)cc1. The molecule has 5 nitrogen and oxygen atoms in total. The van der Waals surface area contributed by atoms with E-state index in [1.165, 1.54) is 5.56 Å². The molecule has 0 atom stereocenters. The Morgan fingerprint density at radius 1 is 1.00 bits per heavy atom. The molecule has 26 heavy (non-hydrogen) atoms. The highest BCUT2D eigenvalue weighted by atomic mass is 16.5. The molecular formula is C21H24N4O. The van der Waals surface area contributed by atoms with Crippen LogP contribution in [0.5, 0.6) is 5.75 Å². The highest BCUT2D eigenvalue weighted by Gasteiger charge is 2.10. The van der Waals surface area contributed by atoms with Gasteiger partial charge in [-0.15, -0.1) is 0 Å². The fourth-order valence-corrected chi connectivity index (χ4v) is 2.78. The topological polar surface area (TPSA) is 50.3 Å². The summed E-state index contributed by atoms with van der Waals surface area (Å²) in [5.74, 6) is 2.48. The third-order valence-corrected chi connectivity index (χ3v) is 4.00. The number of anilines is 4. The van der Waals surface area contributed by atoms with Crippen molar-refractivity contribution in [3.8, 4) is 5.75 Å².